The number of hydrogen-bond donors (Lipinski definition) is 2. The Morgan fingerprint density at radius 2 is 1.88 bits per heavy atom. The van der Waals surface area contributed by atoms with E-state index in [9.17, 15) is 9.90 Å². The van der Waals surface area contributed by atoms with Crippen LogP contribution in [0.3, 0.4) is 0 Å². The average molecular weight is 364 g/mol. The first-order valence-electron chi connectivity index (χ1n) is 8.33. The number of aliphatic hydroxyl groups excluding tert-OH is 1. The molecule has 136 valence electrons. The van der Waals surface area contributed by atoms with Crippen molar-refractivity contribution in [1.29, 1.82) is 0 Å². The Morgan fingerprint density at radius 1 is 1.16 bits per heavy atom. The molecule has 0 heterocycles. The first-order valence-corrected chi connectivity index (χ1v) is 8.33. The summed E-state index contributed by atoms with van der Waals surface area (Å²) >= 11 is 0. The van der Waals surface area contributed by atoms with Crippen molar-refractivity contribution in [1.82, 2.24) is 0 Å². The maximum atomic E-state index is 11.4. The van der Waals surface area contributed by atoms with Gasteiger partial charge in [-0.3, -0.25) is 4.79 Å². The summed E-state index contributed by atoms with van der Waals surface area (Å²) in [7, 11) is 0. The van der Waals surface area contributed by atoms with Crippen molar-refractivity contribution in [2.24, 2.45) is 0 Å². The van der Waals surface area contributed by atoms with Gasteiger partial charge >= 0.3 is 0 Å². The molecular weight excluding hydrogens is 338 g/mol. The predicted octanol–water partition coefficient (Wildman–Crippen LogP) is -1.17. The first kappa shape index (κ1) is 21.2. The van der Waals surface area contributed by atoms with Crippen molar-refractivity contribution in [3.05, 3.63) is 65.7 Å². The number of nitrogens with two attached hydrogens (primary N) is 1. The molecule has 0 bridgehead atoms. The zero-order valence-electron chi connectivity index (χ0n) is 14.7. The fourth-order valence-electron chi connectivity index (χ4n) is 2.52. The van der Waals surface area contributed by atoms with E-state index < -0.39 is 6.10 Å². The lowest BCUT2D eigenvalue weighted by atomic mass is 10.1. The number of halogens is 1. The van der Waals surface area contributed by atoms with E-state index in [-0.39, 0.29) is 24.8 Å². The van der Waals surface area contributed by atoms with Crippen LogP contribution >= 0.6 is 0 Å². The fourth-order valence-corrected chi connectivity index (χ4v) is 2.52. The van der Waals surface area contributed by atoms with E-state index in [4.69, 9.17) is 4.74 Å². The molecule has 0 aromatic heterocycles. The molecule has 5 heteroatoms. The summed E-state index contributed by atoms with van der Waals surface area (Å²) < 4.78 is 5.59. The van der Waals surface area contributed by atoms with Crippen LogP contribution in [0.2, 0.25) is 0 Å². The van der Waals surface area contributed by atoms with E-state index >= 15 is 0 Å². The molecular formula is C20H26ClNO3. The second-order valence-electron chi connectivity index (χ2n) is 6.19. The SMILES string of the molecule is CC(=O)c1cccc(OCC(O)C[NH2+]C(C)Cc2ccccc2)c1.[Cl-]. The van der Waals surface area contributed by atoms with Gasteiger partial charge in [-0.15, -0.1) is 0 Å². The zero-order chi connectivity index (χ0) is 17.4. The van der Waals surface area contributed by atoms with E-state index in [1.165, 1.54) is 12.5 Å². The number of ether oxygens (including phenoxy) is 1. The number of Topliss-reactive ketones (excluding diaryl/α,β-unsaturated/α-hetero) is 1. The van der Waals surface area contributed by atoms with Crippen LogP contribution in [0, 0.1) is 0 Å². The van der Waals surface area contributed by atoms with Gasteiger partial charge in [-0.1, -0.05) is 42.5 Å². The molecule has 0 fully saturated rings. The lowest BCUT2D eigenvalue weighted by Gasteiger charge is -2.15. The first-order chi connectivity index (χ1) is 11.5. The lowest BCUT2D eigenvalue weighted by Crippen LogP contribution is -3.00. The number of benzene rings is 2. The molecule has 2 aromatic carbocycles. The van der Waals surface area contributed by atoms with Crippen LogP contribution in [-0.2, 0) is 6.42 Å². The van der Waals surface area contributed by atoms with Crippen molar-refractivity contribution in [3.63, 3.8) is 0 Å². The number of aliphatic hydroxyl groups is 1. The van der Waals surface area contributed by atoms with Crippen LogP contribution in [0.1, 0.15) is 29.8 Å². The lowest BCUT2D eigenvalue weighted by molar-refractivity contribution is -0.691. The van der Waals surface area contributed by atoms with E-state index in [1.807, 2.05) is 18.2 Å². The molecule has 3 N–H and O–H groups in total. The third-order valence-corrected chi connectivity index (χ3v) is 3.89. The molecule has 2 atom stereocenters. The second-order valence-corrected chi connectivity index (χ2v) is 6.19. The minimum Gasteiger partial charge on any atom is -1.00 e. The molecule has 2 rings (SSSR count). The number of rotatable bonds is 9. The molecule has 0 aliphatic carbocycles. The maximum absolute atomic E-state index is 11.4. The highest BCUT2D eigenvalue weighted by atomic mass is 35.5. The molecule has 4 nitrogen and oxygen atoms in total. The Kier molecular flexibility index (Phi) is 9.21. The Balaban J connectivity index is 0.00000312. The van der Waals surface area contributed by atoms with Crippen molar-refractivity contribution in [3.8, 4) is 5.75 Å². The Bertz CT molecular complexity index is 648. The van der Waals surface area contributed by atoms with Crippen LogP contribution in [0.5, 0.6) is 5.75 Å². The molecule has 25 heavy (non-hydrogen) atoms. The molecule has 0 aliphatic rings. The van der Waals surface area contributed by atoms with Crippen LogP contribution in [-0.4, -0.2) is 36.2 Å². The van der Waals surface area contributed by atoms with Crippen LogP contribution in [0.15, 0.2) is 54.6 Å². The minimum absolute atomic E-state index is 0. The van der Waals surface area contributed by atoms with Gasteiger partial charge in [-0.05, 0) is 31.5 Å². The molecule has 2 aromatic rings. The number of quaternary nitrogens is 1. The largest absolute Gasteiger partial charge is 1.00 e. The van der Waals surface area contributed by atoms with Gasteiger partial charge in [0.2, 0.25) is 0 Å². The van der Waals surface area contributed by atoms with Gasteiger partial charge in [0.1, 0.15) is 25.0 Å². The summed E-state index contributed by atoms with van der Waals surface area (Å²) in [6.07, 6.45) is 0.416. The smallest absolute Gasteiger partial charge is 0.159 e. The zero-order valence-corrected chi connectivity index (χ0v) is 15.4. The molecule has 0 saturated heterocycles. The van der Waals surface area contributed by atoms with E-state index in [0.717, 1.165) is 6.42 Å². The van der Waals surface area contributed by atoms with Crippen molar-refractivity contribution >= 4 is 5.78 Å². The highest BCUT2D eigenvalue weighted by molar-refractivity contribution is 5.94. The number of ketones is 1. The van der Waals surface area contributed by atoms with Gasteiger partial charge in [0.05, 0.1) is 6.04 Å². The van der Waals surface area contributed by atoms with Crippen LogP contribution in [0.4, 0.5) is 0 Å². The normalized spacial score (nSPS) is 12.8. The maximum Gasteiger partial charge on any atom is 0.159 e. The predicted molar refractivity (Wildman–Crippen MR) is 94.3 cm³/mol. The average Bonchev–Trinajstić information content (AvgIpc) is 2.59. The van der Waals surface area contributed by atoms with Gasteiger partial charge in [0.15, 0.2) is 5.78 Å². The van der Waals surface area contributed by atoms with Crippen molar-refractivity contribution < 1.29 is 32.4 Å². The van der Waals surface area contributed by atoms with Gasteiger partial charge in [0.25, 0.3) is 0 Å². The fraction of sp³-hybridized carbons (Fsp3) is 0.350. The molecule has 0 amide bonds. The van der Waals surface area contributed by atoms with Gasteiger partial charge in [-0.25, -0.2) is 0 Å². The molecule has 2 unspecified atom stereocenters. The van der Waals surface area contributed by atoms with Crippen molar-refractivity contribution in [2.45, 2.75) is 32.4 Å². The summed E-state index contributed by atoms with van der Waals surface area (Å²) in [6.45, 7) is 4.48. The van der Waals surface area contributed by atoms with E-state index in [2.05, 4.69) is 24.4 Å². The van der Waals surface area contributed by atoms with Gasteiger partial charge in [0, 0.05) is 12.0 Å². The highest BCUT2D eigenvalue weighted by Gasteiger charge is 2.12. The van der Waals surface area contributed by atoms with E-state index in [0.29, 0.717) is 23.9 Å². The quantitative estimate of drug-likeness (QED) is 0.552. The van der Waals surface area contributed by atoms with E-state index in [1.54, 1.807) is 24.3 Å². The molecule has 0 aliphatic heterocycles. The highest BCUT2D eigenvalue weighted by Crippen LogP contribution is 2.13. The number of carbonyl (C=O) groups is 1. The summed E-state index contributed by atoms with van der Waals surface area (Å²) in [4.78, 5) is 11.4. The number of carbonyl (C=O) groups excluding carboxylic acids is 1. The van der Waals surface area contributed by atoms with Gasteiger partial charge < -0.3 is 27.6 Å². The second kappa shape index (κ2) is 10.9. The Labute approximate surface area is 155 Å². The molecule has 0 saturated carbocycles. The third kappa shape index (κ3) is 7.69. The summed E-state index contributed by atoms with van der Waals surface area (Å²) in [5, 5.41) is 12.2. The minimum atomic E-state index is -0.552. The van der Waals surface area contributed by atoms with Crippen LogP contribution in [0.25, 0.3) is 0 Å². The van der Waals surface area contributed by atoms with Gasteiger partial charge in [-0.2, -0.15) is 0 Å². The molecule has 0 spiro atoms. The standard InChI is InChI=1S/C20H25NO3.ClH/c1-15(11-17-7-4-3-5-8-17)21-13-19(23)14-24-20-10-6-9-18(12-20)16(2)22;/h3-10,12,15,19,21,23H,11,13-14H2,1-2H3;1H. The molecule has 0 radical (unpaired) electrons. The Hall–Kier alpha value is -1.88. The number of hydrogen-bond acceptors (Lipinski definition) is 3. The summed E-state index contributed by atoms with van der Waals surface area (Å²) in [5.74, 6) is 0.614. The van der Waals surface area contributed by atoms with Crippen LogP contribution < -0.4 is 22.5 Å². The monoisotopic (exact) mass is 363 g/mol. The summed E-state index contributed by atoms with van der Waals surface area (Å²) in [6, 6.07) is 17.8. The summed E-state index contributed by atoms with van der Waals surface area (Å²) in [5.41, 5.74) is 1.91. The topological polar surface area (TPSA) is 63.1 Å². The Morgan fingerprint density at radius 3 is 2.56 bits per heavy atom. The third-order valence-electron chi connectivity index (χ3n) is 3.89. The van der Waals surface area contributed by atoms with Crippen molar-refractivity contribution in [2.75, 3.05) is 13.2 Å².